The summed E-state index contributed by atoms with van der Waals surface area (Å²) in [4.78, 5) is 68.2. The lowest BCUT2D eigenvalue weighted by Gasteiger charge is -2.14. The van der Waals surface area contributed by atoms with Crippen molar-refractivity contribution >= 4 is 47.3 Å². The van der Waals surface area contributed by atoms with E-state index in [4.69, 9.17) is 10.8 Å². The molecule has 0 aliphatic carbocycles. The number of carboxylic acids is 1. The van der Waals surface area contributed by atoms with Crippen molar-refractivity contribution in [1.29, 1.82) is 0 Å². The van der Waals surface area contributed by atoms with Gasteiger partial charge in [0.05, 0.1) is 32.7 Å². The van der Waals surface area contributed by atoms with Gasteiger partial charge in [-0.15, -0.1) is 0 Å². The van der Waals surface area contributed by atoms with Crippen LogP contribution in [0.25, 0.3) is 0 Å². The normalized spacial score (nSPS) is 11.0. The molecule has 0 aliphatic heterocycles. The van der Waals surface area contributed by atoms with Crippen LogP contribution in [0, 0.1) is 0 Å². The van der Waals surface area contributed by atoms with Gasteiger partial charge in [-0.2, -0.15) is 11.8 Å². The minimum absolute atomic E-state index is 0.244. The lowest BCUT2D eigenvalue weighted by atomic mass is 10.2. The first kappa shape index (κ1) is 26.1. The molecule has 0 fully saturated rings. The molecular weight excluding hydrogens is 408 g/mol. The van der Waals surface area contributed by atoms with Gasteiger partial charge in [-0.05, 0) is 18.4 Å². The van der Waals surface area contributed by atoms with Crippen molar-refractivity contribution in [3.05, 3.63) is 0 Å². The van der Waals surface area contributed by atoms with Crippen molar-refractivity contribution in [2.24, 2.45) is 5.73 Å². The van der Waals surface area contributed by atoms with E-state index in [0.717, 1.165) is 0 Å². The van der Waals surface area contributed by atoms with Crippen molar-refractivity contribution in [3.63, 3.8) is 0 Å². The maximum absolute atomic E-state index is 11.7. The SMILES string of the molecule is CSCCC(NC(=O)CNC(=O)CNC(=O)CNC(=O)CNC(=O)CN)C(=O)O. The fraction of sp³-hybridized carbons (Fsp3) is 0.600. The van der Waals surface area contributed by atoms with E-state index in [0.29, 0.717) is 5.75 Å². The Morgan fingerprint density at radius 1 is 0.793 bits per heavy atom. The van der Waals surface area contributed by atoms with Gasteiger partial charge in [0.15, 0.2) is 0 Å². The number of nitrogens with two attached hydrogens (primary N) is 1. The fourth-order valence-corrected chi connectivity index (χ4v) is 2.18. The Balaban J connectivity index is 4.03. The second-order valence-electron chi connectivity index (χ2n) is 5.55. The fourth-order valence-electron chi connectivity index (χ4n) is 1.71. The first-order valence-electron chi connectivity index (χ1n) is 8.47. The van der Waals surface area contributed by atoms with Crippen LogP contribution >= 0.6 is 11.8 Å². The molecule has 13 nitrogen and oxygen atoms in total. The van der Waals surface area contributed by atoms with Gasteiger partial charge >= 0.3 is 5.97 Å². The minimum Gasteiger partial charge on any atom is -0.480 e. The molecule has 1 atom stereocenters. The molecule has 0 rings (SSSR count). The molecule has 8 N–H and O–H groups in total. The molecule has 1 unspecified atom stereocenters. The van der Waals surface area contributed by atoms with Crippen molar-refractivity contribution < 1.29 is 33.9 Å². The average Bonchev–Trinajstić information content (AvgIpc) is 2.69. The van der Waals surface area contributed by atoms with Gasteiger partial charge in [-0.1, -0.05) is 0 Å². The molecular formula is C15H26N6O7S. The smallest absolute Gasteiger partial charge is 0.326 e. The van der Waals surface area contributed by atoms with Gasteiger partial charge in [0.2, 0.25) is 29.5 Å². The zero-order chi connectivity index (χ0) is 22.2. The summed E-state index contributed by atoms with van der Waals surface area (Å²) >= 11 is 1.44. The van der Waals surface area contributed by atoms with Crippen LogP contribution in [0.2, 0.25) is 0 Å². The number of aliphatic carboxylic acids is 1. The lowest BCUT2D eigenvalue weighted by molar-refractivity contribution is -0.141. The highest BCUT2D eigenvalue weighted by atomic mass is 32.2. The van der Waals surface area contributed by atoms with Crippen molar-refractivity contribution in [3.8, 4) is 0 Å². The predicted octanol–water partition coefficient (Wildman–Crippen LogP) is -4.27. The Kier molecular flexibility index (Phi) is 13.6. The predicted molar refractivity (Wildman–Crippen MR) is 104 cm³/mol. The van der Waals surface area contributed by atoms with E-state index >= 15 is 0 Å². The number of carboxylic acid groups (broad SMARTS) is 1. The van der Waals surface area contributed by atoms with Crippen molar-refractivity contribution in [2.45, 2.75) is 12.5 Å². The quantitative estimate of drug-likeness (QED) is 0.141. The van der Waals surface area contributed by atoms with Gasteiger partial charge in [-0.3, -0.25) is 24.0 Å². The van der Waals surface area contributed by atoms with E-state index in [2.05, 4.69) is 26.6 Å². The molecule has 164 valence electrons. The van der Waals surface area contributed by atoms with Crippen LogP contribution in [-0.2, 0) is 28.8 Å². The van der Waals surface area contributed by atoms with E-state index in [1.165, 1.54) is 11.8 Å². The number of carbonyl (C=O) groups excluding carboxylic acids is 5. The van der Waals surface area contributed by atoms with Gasteiger partial charge in [0.25, 0.3) is 0 Å². The lowest BCUT2D eigenvalue weighted by Crippen LogP contribution is -2.48. The molecule has 29 heavy (non-hydrogen) atoms. The van der Waals surface area contributed by atoms with Crippen LogP contribution in [-0.4, -0.2) is 91.4 Å². The molecule has 0 saturated carbocycles. The third-order valence-electron chi connectivity index (χ3n) is 3.21. The minimum atomic E-state index is -1.17. The molecule has 0 aromatic rings. The Morgan fingerprint density at radius 2 is 1.21 bits per heavy atom. The van der Waals surface area contributed by atoms with E-state index < -0.39 is 61.2 Å². The van der Waals surface area contributed by atoms with E-state index in [-0.39, 0.29) is 19.5 Å². The number of hydrogen-bond donors (Lipinski definition) is 7. The number of nitrogens with one attached hydrogen (secondary N) is 5. The van der Waals surface area contributed by atoms with Crippen LogP contribution in [0.1, 0.15) is 6.42 Å². The number of carbonyl (C=O) groups is 6. The average molecular weight is 434 g/mol. The summed E-state index contributed by atoms with van der Waals surface area (Å²) in [6, 6.07) is -1.05. The number of thioether (sulfide) groups is 1. The van der Waals surface area contributed by atoms with Gasteiger partial charge in [0.1, 0.15) is 6.04 Å². The second-order valence-corrected chi connectivity index (χ2v) is 6.54. The Bertz CT molecular complexity index is 616. The highest BCUT2D eigenvalue weighted by molar-refractivity contribution is 7.98. The van der Waals surface area contributed by atoms with Crippen LogP contribution in [0.3, 0.4) is 0 Å². The first-order chi connectivity index (χ1) is 13.7. The maximum Gasteiger partial charge on any atom is 0.326 e. The van der Waals surface area contributed by atoms with E-state index in [1.54, 1.807) is 6.26 Å². The van der Waals surface area contributed by atoms with Gasteiger partial charge in [0, 0.05) is 0 Å². The summed E-state index contributed by atoms with van der Waals surface area (Å²) in [5, 5.41) is 20.2. The highest BCUT2D eigenvalue weighted by Gasteiger charge is 2.19. The summed E-state index contributed by atoms with van der Waals surface area (Å²) in [7, 11) is 0. The molecule has 0 aromatic carbocycles. The number of amides is 5. The Labute approximate surface area is 171 Å². The van der Waals surface area contributed by atoms with Crippen LogP contribution in [0.5, 0.6) is 0 Å². The molecule has 14 heteroatoms. The Hall–Kier alpha value is -2.87. The largest absolute Gasteiger partial charge is 0.480 e. The summed E-state index contributed by atoms with van der Waals surface area (Å²) in [5.74, 6) is -3.77. The molecule has 0 radical (unpaired) electrons. The summed E-state index contributed by atoms with van der Waals surface area (Å²) in [5.41, 5.74) is 5.05. The van der Waals surface area contributed by atoms with Crippen molar-refractivity contribution in [1.82, 2.24) is 26.6 Å². The molecule has 0 bridgehead atoms. The highest BCUT2D eigenvalue weighted by Crippen LogP contribution is 2.00. The zero-order valence-electron chi connectivity index (χ0n) is 15.9. The van der Waals surface area contributed by atoms with E-state index in [1.807, 2.05) is 0 Å². The number of hydrogen-bond acceptors (Lipinski definition) is 8. The Morgan fingerprint density at radius 3 is 1.59 bits per heavy atom. The molecule has 5 amide bonds. The van der Waals surface area contributed by atoms with Gasteiger partial charge < -0.3 is 37.4 Å². The molecule has 0 aliphatic rings. The summed E-state index contributed by atoms with van der Waals surface area (Å²) < 4.78 is 0. The van der Waals surface area contributed by atoms with Crippen LogP contribution in [0.4, 0.5) is 0 Å². The molecule has 0 heterocycles. The van der Waals surface area contributed by atoms with Crippen LogP contribution < -0.4 is 32.3 Å². The van der Waals surface area contributed by atoms with E-state index in [9.17, 15) is 28.8 Å². The van der Waals surface area contributed by atoms with Crippen molar-refractivity contribution in [2.75, 3.05) is 44.7 Å². The topological polar surface area (TPSA) is 209 Å². The summed E-state index contributed by atoms with van der Waals surface area (Å²) in [6.07, 6.45) is 2.05. The first-order valence-corrected chi connectivity index (χ1v) is 9.86. The molecule has 0 aromatic heterocycles. The zero-order valence-corrected chi connectivity index (χ0v) is 16.7. The summed E-state index contributed by atoms with van der Waals surface area (Å²) in [6.45, 7) is -1.92. The van der Waals surface area contributed by atoms with Crippen LogP contribution in [0.15, 0.2) is 0 Å². The third kappa shape index (κ3) is 13.9. The maximum atomic E-state index is 11.7. The monoisotopic (exact) mass is 434 g/mol. The second kappa shape index (κ2) is 15.1. The number of rotatable bonds is 14. The van der Waals surface area contributed by atoms with Gasteiger partial charge in [-0.25, -0.2) is 4.79 Å². The standard InChI is InChI=1S/C15H26N6O7S/c1-29-3-2-9(15(27)28)21-14(26)8-20-13(25)7-19-12(24)6-18-11(23)5-17-10(22)4-16/h9H,2-8,16H2,1H3,(H,17,22)(H,18,23)(H,19,24)(H,20,25)(H,21,26)(H,27,28). The molecule has 0 saturated heterocycles. The molecule has 0 spiro atoms. The third-order valence-corrected chi connectivity index (χ3v) is 3.86.